The quantitative estimate of drug-likeness (QED) is 0.104. The minimum Gasteiger partial charge on any atom is -0.494 e. The first-order chi connectivity index (χ1) is 22.9. The van der Waals surface area contributed by atoms with Crippen LogP contribution in [0, 0.1) is 0 Å². The van der Waals surface area contributed by atoms with Crippen molar-refractivity contribution >= 4 is 52.1 Å². The standard InChI is InChI=1S/C33H32N6O8/c40-26-13-12-24(31(42)38-26)39-32(43)22-6-5-7-25(28(22)33(39)44)47-18-27(41)46-17-4-2-1-3-16-45-21-10-8-20(9-11-21)37-30-23-14-15-34-29(23)35-19-36-30/h5-11,14-15,19,24H,1-4,12-13,16-18H2,(H,38,40,42)(H2,34,35,36,37). The molecule has 14 heteroatoms. The van der Waals surface area contributed by atoms with Crippen LogP contribution in [0.25, 0.3) is 11.0 Å². The van der Waals surface area contributed by atoms with E-state index in [1.807, 2.05) is 36.5 Å². The second-order valence-electron chi connectivity index (χ2n) is 11.0. The minimum absolute atomic E-state index is 0.0183. The van der Waals surface area contributed by atoms with Gasteiger partial charge in [-0.15, -0.1) is 0 Å². The molecule has 4 amide bonds. The van der Waals surface area contributed by atoms with Crippen LogP contribution in [0.4, 0.5) is 11.5 Å². The van der Waals surface area contributed by atoms with Gasteiger partial charge in [-0.25, -0.2) is 14.8 Å². The molecular weight excluding hydrogens is 608 g/mol. The van der Waals surface area contributed by atoms with Crippen molar-refractivity contribution in [3.05, 3.63) is 72.2 Å². The van der Waals surface area contributed by atoms with Crippen molar-refractivity contribution in [3.63, 3.8) is 0 Å². The number of esters is 1. The molecule has 0 saturated carbocycles. The van der Waals surface area contributed by atoms with Gasteiger partial charge >= 0.3 is 5.97 Å². The Morgan fingerprint density at radius 2 is 1.72 bits per heavy atom. The second-order valence-corrected chi connectivity index (χ2v) is 11.0. The lowest BCUT2D eigenvalue weighted by molar-refractivity contribution is -0.146. The summed E-state index contributed by atoms with van der Waals surface area (Å²) in [5, 5.41) is 6.35. The molecule has 1 fully saturated rings. The normalized spacial score (nSPS) is 15.8. The lowest BCUT2D eigenvalue weighted by Crippen LogP contribution is -2.54. The van der Waals surface area contributed by atoms with Crippen LogP contribution in [-0.4, -0.2) is 75.3 Å². The largest absolute Gasteiger partial charge is 0.494 e. The molecule has 6 rings (SSSR count). The van der Waals surface area contributed by atoms with E-state index < -0.39 is 42.2 Å². The Bertz CT molecular complexity index is 1820. The molecule has 2 aliphatic heterocycles. The van der Waals surface area contributed by atoms with Crippen LogP contribution in [0.1, 0.15) is 59.2 Å². The molecule has 242 valence electrons. The summed E-state index contributed by atoms with van der Waals surface area (Å²) in [5.41, 5.74) is 1.69. The van der Waals surface area contributed by atoms with Crippen LogP contribution < -0.4 is 20.1 Å². The van der Waals surface area contributed by atoms with Crippen molar-refractivity contribution in [1.29, 1.82) is 0 Å². The number of piperidine rings is 1. The predicted molar refractivity (Wildman–Crippen MR) is 167 cm³/mol. The highest BCUT2D eigenvalue weighted by molar-refractivity contribution is 6.24. The number of hydrogen-bond donors (Lipinski definition) is 3. The van der Waals surface area contributed by atoms with Crippen molar-refractivity contribution < 1.29 is 38.2 Å². The van der Waals surface area contributed by atoms with E-state index in [9.17, 15) is 24.0 Å². The van der Waals surface area contributed by atoms with Crippen LogP contribution in [-0.2, 0) is 19.1 Å². The molecule has 0 radical (unpaired) electrons. The van der Waals surface area contributed by atoms with E-state index in [4.69, 9.17) is 14.2 Å². The van der Waals surface area contributed by atoms with Gasteiger partial charge in [0.25, 0.3) is 11.8 Å². The zero-order chi connectivity index (χ0) is 32.8. The van der Waals surface area contributed by atoms with Crippen LogP contribution in [0.2, 0.25) is 0 Å². The van der Waals surface area contributed by atoms with Crippen molar-refractivity contribution in [2.24, 2.45) is 0 Å². The summed E-state index contributed by atoms with van der Waals surface area (Å²) in [4.78, 5) is 74.5. The van der Waals surface area contributed by atoms with E-state index in [1.54, 1.807) is 0 Å². The Labute approximate surface area is 268 Å². The van der Waals surface area contributed by atoms with E-state index in [1.165, 1.54) is 24.5 Å². The number of aromatic amines is 1. The highest BCUT2D eigenvalue weighted by Gasteiger charge is 2.46. The molecule has 0 spiro atoms. The number of unbranched alkanes of at least 4 members (excludes halogenated alkanes) is 3. The first-order valence-electron chi connectivity index (χ1n) is 15.3. The second kappa shape index (κ2) is 14.1. The van der Waals surface area contributed by atoms with Gasteiger partial charge in [0.1, 0.15) is 35.3 Å². The lowest BCUT2D eigenvalue weighted by Gasteiger charge is -2.27. The number of ether oxygens (including phenoxy) is 3. The third kappa shape index (κ3) is 7.06. The number of rotatable bonds is 14. The number of amides is 4. The number of hydrogen-bond acceptors (Lipinski definition) is 11. The third-order valence-corrected chi connectivity index (χ3v) is 7.82. The summed E-state index contributed by atoms with van der Waals surface area (Å²) < 4.78 is 16.7. The van der Waals surface area contributed by atoms with Gasteiger partial charge in [-0.3, -0.25) is 29.4 Å². The third-order valence-electron chi connectivity index (χ3n) is 7.82. The molecule has 0 bridgehead atoms. The number of nitrogens with one attached hydrogen (secondary N) is 3. The summed E-state index contributed by atoms with van der Waals surface area (Å²) in [6, 6.07) is 12.9. The first-order valence-corrected chi connectivity index (χ1v) is 15.3. The molecular formula is C33H32N6O8. The average molecular weight is 641 g/mol. The minimum atomic E-state index is -1.09. The van der Waals surface area contributed by atoms with E-state index in [2.05, 4.69) is 25.6 Å². The molecule has 4 heterocycles. The van der Waals surface area contributed by atoms with Gasteiger partial charge in [-0.05, 0) is 74.6 Å². The maximum absolute atomic E-state index is 13.1. The Morgan fingerprint density at radius 1 is 0.915 bits per heavy atom. The molecule has 2 aliphatic rings. The van der Waals surface area contributed by atoms with Crippen LogP contribution in [0.15, 0.2) is 61.1 Å². The fraction of sp³-hybridized carbons (Fsp3) is 0.303. The van der Waals surface area contributed by atoms with E-state index >= 15 is 0 Å². The number of anilines is 2. The van der Waals surface area contributed by atoms with Crippen LogP contribution in [0.5, 0.6) is 11.5 Å². The summed E-state index contributed by atoms with van der Waals surface area (Å²) in [6.45, 7) is 0.320. The zero-order valence-electron chi connectivity index (χ0n) is 25.3. The fourth-order valence-electron chi connectivity index (χ4n) is 5.46. The molecule has 1 unspecified atom stereocenters. The number of benzene rings is 2. The molecule has 14 nitrogen and oxygen atoms in total. The Hall–Kier alpha value is -5.79. The van der Waals surface area contributed by atoms with Gasteiger partial charge in [0.15, 0.2) is 6.61 Å². The summed E-state index contributed by atoms with van der Waals surface area (Å²) in [5.74, 6) is -1.60. The maximum atomic E-state index is 13.1. The van der Waals surface area contributed by atoms with E-state index in [0.717, 1.165) is 52.5 Å². The molecule has 47 heavy (non-hydrogen) atoms. The number of carbonyl (C=O) groups is 5. The van der Waals surface area contributed by atoms with Gasteiger partial charge in [0.05, 0.1) is 29.7 Å². The van der Waals surface area contributed by atoms with Crippen LogP contribution >= 0.6 is 0 Å². The number of nitrogens with zero attached hydrogens (tertiary/aromatic N) is 3. The molecule has 4 aromatic rings. The average Bonchev–Trinajstić information content (AvgIpc) is 3.65. The van der Waals surface area contributed by atoms with Gasteiger partial charge < -0.3 is 24.5 Å². The number of aromatic nitrogens is 3. The molecule has 2 aromatic carbocycles. The lowest BCUT2D eigenvalue weighted by atomic mass is 10.0. The molecule has 0 aliphatic carbocycles. The number of H-pyrrole nitrogens is 1. The van der Waals surface area contributed by atoms with Crippen LogP contribution in [0.3, 0.4) is 0 Å². The van der Waals surface area contributed by atoms with Gasteiger partial charge in [0.2, 0.25) is 11.8 Å². The van der Waals surface area contributed by atoms with E-state index in [-0.39, 0.29) is 36.3 Å². The summed E-state index contributed by atoms with van der Waals surface area (Å²) in [7, 11) is 0. The smallest absolute Gasteiger partial charge is 0.344 e. The van der Waals surface area contributed by atoms with Crippen molar-refractivity contribution in [2.45, 2.75) is 44.6 Å². The fourth-order valence-corrected chi connectivity index (χ4v) is 5.46. The molecule has 1 atom stereocenters. The maximum Gasteiger partial charge on any atom is 0.344 e. The first kappa shape index (κ1) is 31.2. The summed E-state index contributed by atoms with van der Waals surface area (Å²) >= 11 is 0. The topological polar surface area (TPSA) is 182 Å². The summed E-state index contributed by atoms with van der Waals surface area (Å²) in [6.07, 6.45) is 6.62. The van der Waals surface area contributed by atoms with Gasteiger partial charge in [0, 0.05) is 18.3 Å². The van der Waals surface area contributed by atoms with Crippen molar-refractivity contribution in [1.82, 2.24) is 25.2 Å². The highest BCUT2D eigenvalue weighted by Crippen LogP contribution is 2.33. The molecule has 1 saturated heterocycles. The Balaban J connectivity index is 0.866. The Kier molecular flexibility index (Phi) is 9.36. The molecule has 2 aromatic heterocycles. The number of imide groups is 2. The van der Waals surface area contributed by atoms with Gasteiger partial charge in [-0.2, -0.15) is 0 Å². The SMILES string of the molecule is O=C1CCC(N2C(=O)c3cccc(OCC(=O)OCCCCCCOc4ccc(Nc5ncnc6[nH]ccc56)cc4)c3C2=O)C(=O)N1. The van der Waals surface area contributed by atoms with E-state index in [0.29, 0.717) is 13.0 Å². The highest BCUT2D eigenvalue weighted by atomic mass is 16.6. The number of fused-ring (bicyclic) bond motifs is 2. The van der Waals surface area contributed by atoms with Crippen molar-refractivity contribution in [2.75, 3.05) is 25.1 Å². The monoisotopic (exact) mass is 640 g/mol. The van der Waals surface area contributed by atoms with Crippen molar-refractivity contribution in [3.8, 4) is 11.5 Å². The zero-order valence-corrected chi connectivity index (χ0v) is 25.3. The van der Waals surface area contributed by atoms with Gasteiger partial charge in [-0.1, -0.05) is 6.07 Å². The Morgan fingerprint density at radius 3 is 2.53 bits per heavy atom. The number of carbonyl (C=O) groups excluding carboxylic acids is 5. The predicted octanol–water partition coefficient (Wildman–Crippen LogP) is 3.66. The molecule has 3 N–H and O–H groups in total.